The first-order chi connectivity index (χ1) is 9.02. The number of amides is 1. The van der Waals surface area contributed by atoms with E-state index in [4.69, 9.17) is 5.73 Å². The quantitative estimate of drug-likeness (QED) is 0.904. The molecule has 0 saturated carbocycles. The monoisotopic (exact) mass is 280 g/mol. The molecule has 0 spiro atoms. The number of nitrogens with one attached hydrogen (secondary N) is 1. The van der Waals surface area contributed by atoms with Gasteiger partial charge in [0.05, 0.1) is 0 Å². The second-order valence-corrected chi connectivity index (χ2v) is 4.82. The standard InChI is InChI=1S/C12H13FN4OS/c1-15-12-16-10(14)9(19-12)11(18)17(2)8-5-3-7(13)4-6-8/h3-6H,14H2,1-2H3,(H,15,16). The fourth-order valence-corrected chi connectivity index (χ4v) is 2.34. The summed E-state index contributed by atoms with van der Waals surface area (Å²) in [6.07, 6.45) is 0. The molecule has 0 aliphatic heterocycles. The second-order valence-electron chi connectivity index (χ2n) is 3.82. The summed E-state index contributed by atoms with van der Waals surface area (Å²) in [7, 11) is 3.31. The number of nitrogen functional groups attached to an aromatic ring is 1. The van der Waals surface area contributed by atoms with Crippen LogP contribution in [0, 0.1) is 5.82 Å². The van der Waals surface area contributed by atoms with E-state index in [-0.39, 0.29) is 17.5 Å². The van der Waals surface area contributed by atoms with Gasteiger partial charge in [-0.05, 0) is 24.3 Å². The predicted octanol–water partition coefficient (Wildman–Crippen LogP) is 2.18. The van der Waals surface area contributed by atoms with Crippen molar-refractivity contribution in [2.24, 2.45) is 0 Å². The van der Waals surface area contributed by atoms with Crippen LogP contribution >= 0.6 is 11.3 Å². The Kier molecular flexibility index (Phi) is 3.66. The SMILES string of the molecule is CNc1nc(N)c(C(=O)N(C)c2ccc(F)cc2)s1. The Morgan fingerprint density at radius 2 is 2.05 bits per heavy atom. The van der Waals surface area contributed by atoms with Gasteiger partial charge in [0.1, 0.15) is 16.5 Å². The average Bonchev–Trinajstić information content (AvgIpc) is 2.79. The van der Waals surface area contributed by atoms with Crippen molar-refractivity contribution in [1.29, 1.82) is 0 Å². The number of carbonyl (C=O) groups excluding carboxylic acids is 1. The highest BCUT2D eigenvalue weighted by Crippen LogP contribution is 2.27. The van der Waals surface area contributed by atoms with Crippen molar-refractivity contribution in [3.05, 3.63) is 35.0 Å². The van der Waals surface area contributed by atoms with E-state index in [9.17, 15) is 9.18 Å². The maximum atomic E-state index is 12.8. The molecule has 19 heavy (non-hydrogen) atoms. The van der Waals surface area contributed by atoms with Gasteiger partial charge in [-0.2, -0.15) is 0 Å². The Hall–Kier alpha value is -2.15. The molecule has 0 atom stereocenters. The van der Waals surface area contributed by atoms with Crippen LogP contribution in [0.2, 0.25) is 0 Å². The highest BCUT2D eigenvalue weighted by Gasteiger charge is 2.20. The van der Waals surface area contributed by atoms with E-state index in [1.807, 2.05) is 0 Å². The molecule has 0 aliphatic rings. The third kappa shape index (κ3) is 2.65. The molecule has 1 aromatic carbocycles. The number of halogens is 1. The molecule has 1 aromatic heterocycles. The van der Waals surface area contributed by atoms with Crippen molar-refractivity contribution in [2.45, 2.75) is 0 Å². The van der Waals surface area contributed by atoms with Crippen molar-refractivity contribution < 1.29 is 9.18 Å². The molecule has 5 nitrogen and oxygen atoms in total. The summed E-state index contributed by atoms with van der Waals surface area (Å²) in [4.78, 5) is 18.1. The van der Waals surface area contributed by atoms with E-state index in [0.29, 0.717) is 15.7 Å². The van der Waals surface area contributed by atoms with Crippen molar-refractivity contribution in [1.82, 2.24) is 4.98 Å². The number of carbonyl (C=O) groups is 1. The summed E-state index contributed by atoms with van der Waals surface area (Å²) in [6, 6.07) is 5.66. The van der Waals surface area contributed by atoms with Crippen LogP contribution in [-0.4, -0.2) is 25.0 Å². The van der Waals surface area contributed by atoms with Crippen molar-refractivity contribution >= 4 is 33.9 Å². The van der Waals surface area contributed by atoms with Crippen LogP contribution in [0.3, 0.4) is 0 Å². The van der Waals surface area contributed by atoms with Gasteiger partial charge in [0.15, 0.2) is 5.13 Å². The smallest absolute Gasteiger partial charge is 0.272 e. The van der Waals surface area contributed by atoms with E-state index < -0.39 is 0 Å². The first-order valence-electron chi connectivity index (χ1n) is 5.50. The zero-order valence-electron chi connectivity index (χ0n) is 10.5. The van der Waals surface area contributed by atoms with E-state index in [0.717, 1.165) is 0 Å². The van der Waals surface area contributed by atoms with E-state index >= 15 is 0 Å². The van der Waals surface area contributed by atoms with E-state index in [2.05, 4.69) is 10.3 Å². The third-order valence-corrected chi connectivity index (χ3v) is 3.66. The number of aromatic nitrogens is 1. The van der Waals surface area contributed by atoms with Crippen molar-refractivity contribution in [2.75, 3.05) is 30.0 Å². The normalized spacial score (nSPS) is 10.3. The van der Waals surface area contributed by atoms with Gasteiger partial charge in [0.25, 0.3) is 5.91 Å². The Balaban J connectivity index is 2.27. The Bertz CT molecular complexity index is 596. The number of nitrogens with two attached hydrogens (primary N) is 1. The summed E-state index contributed by atoms with van der Waals surface area (Å²) in [5.41, 5.74) is 6.30. The Morgan fingerprint density at radius 1 is 1.42 bits per heavy atom. The number of rotatable bonds is 3. The van der Waals surface area contributed by atoms with Crippen LogP contribution in [0.15, 0.2) is 24.3 Å². The first-order valence-corrected chi connectivity index (χ1v) is 6.32. The van der Waals surface area contributed by atoms with E-state index in [1.54, 1.807) is 14.1 Å². The lowest BCUT2D eigenvalue weighted by molar-refractivity contribution is 0.0997. The molecule has 0 bridgehead atoms. The van der Waals surface area contributed by atoms with Gasteiger partial charge in [0.2, 0.25) is 0 Å². The lowest BCUT2D eigenvalue weighted by Crippen LogP contribution is -2.26. The van der Waals surface area contributed by atoms with Gasteiger partial charge in [-0.1, -0.05) is 11.3 Å². The lowest BCUT2D eigenvalue weighted by atomic mass is 10.3. The molecule has 0 aliphatic carbocycles. The molecule has 3 N–H and O–H groups in total. The first kappa shape index (κ1) is 13.3. The minimum atomic E-state index is -0.348. The Morgan fingerprint density at radius 3 is 2.58 bits per heavy atom. The summed E-state index contributed by atoms with van der Waals surface area (Å²) in [5, 5.41) is 3.41. The highest BCUT2D eigenvalue weighted by molar-refractivity contribution is 7.18. The Labute approximate surface area is 113 Å². The second kappa shape index (κ2) is 5.23. The average molecular weight is 280 g/mol. The van der Waals surface area contributed by atoms with Gasteiger partial charge in [-0.3, -0.25) is 4.79 Å². The summed E-state index contributed by atoms with van der Waals surface area (Å²) in [5.74, 6) is -0.434. The third-order valence-electron chi connectivity index (χ3n) is 2.58. The molecular formula is C12H13FN4OS. The zero-order chi connectivity index (χ0) is 14.0. The molecule has 0 fully saturated rings. The van der Waals surface area contributed by atoms with Crippen LogP contribution in [0.5, 0.6) is 0 Å². The van der Waals surface area contributed by atoms with Gasteiger partial charge in [-0.25, -0.2) is 9.37 Å². The molecule has 2 rings (SSSR count). The number of hydrogen-bond donors (Lipinski definition) is 2. The number of hydrogen-bond acceptors (Lipinski definition) is 5. The van der Waals surface area contributed by atoms with Crippen LogP contribution in [-0.2, 0) is 0 Å². The molecule has 0 radical (unpaired) electrons. The highest BCUT2D eigenvalue weighted by atomic mass is 32.1. The topological polar surface area (TPSA) is 71.2 Å². The van der Waals surface area contributed by atoms with Crippen LogP contribution in [0.4, 0.5) is 21.0 Å². The minimum Gasteiger partial charge on any atom is -0.382 e. The van der Waals surface area contributed by atoms with E-state index in [1.165, 1.54) is 40.5 Å². The number of benzene rings is 1. The number of nitrogens with zero attached hydrogens (tertiary/aromatic N) is 2. The molecule has 0 unspecified atom stereocenters. The van der Waals surface area contributed by atoms with Crippen molar-refractivity contribution in [3.63, 3.8) is 0 Å². The summed E-state index contributed by atoms with van der Waals surface area (Å²) < 4.78 is 12.8. The van der Waals surface area contributed by atoms with Gasteiger partial charge in [-0.15, -0.1) is 0 Å². The van der Waals surface area contributed by atoms with Crippen LogP contribution in [0.25, 0.3) is 0 Å². The lowest BCUT2D eigenvalue weighted by Gasteiger charge is -2.16. The van der Waals surface area contributed by atoms with Crippen LogP contribution < -0.4 is 16.0 Å². The largest absolute Gasteiger partial charge is 0.382 e. The number of thiazole rings is 1. The van der Waals surface area contributed by atoms with Gasteiger partial charge >= 0.3 is 0 Å². The zero-order valence-corrected chi connectivity index (χ0v) is 11.3. The molecule has 7 heteroatoms. The van der Waals surface area contributed by atoms with Crippen molar-refractivity contribution in [3.8, 4) is 0 Å². The maximum Gasteiger partial charge on any atom is 0.272 e. The fourth-order valence-electron chi connectivity index (χ4n) is 1.53. The predicted molar refractivity (Wildman–Crippen MR) is 75.2 cm³/mol. The fraction of sp³-hybridized carbons (Fsp3) is 0.167. The summed E-state index contributed by atoms with van der Waals surface area (Å²) in [6.45, 7) is 0. The summed E-state index contributed by atoms with van der Waals surface area (Å²) >= 11 is 1.18. The van der Waals surface area contributed by atoms with Gasteiger partial charge in [0, 0.05) is 19.8 Å². The minimum absolute atomic E-state index is 0.188. The molecule has 1 heterocycles. The molecule has 0 saturated heterocycles. The molecule has 1 amide bonds. The molecule has 100 valence electrons. The number of anilines is 3. The van der Waals surface area contributed by atoms with Gasteiger partial charge < -0.3 is 16.0 Å². The van der Waals surface area contributed by atoms with Crippen LogP contribution in [0.1, 0.15) is 9.67 Å². The maximum absolute atomic E-state index is 12.8. The molecular weight excluding hydrogens is 267 g/mol. The molecule has 2 aromatic rings.